The summed E-state index contributed by atoms with van der Waals surface area (Å²) in [5.74, 6) is 0.344. The van der Waals surface area contributed by atoms with Gasteiger partial charge in [-0.3, -0.25) is 0 Å². The van der Waals surface area contributed by atoms with Gasteiger partial charge in [-0.2, -0.15) is 0 Å². The standard InChI is InChI=1S/C15H16N2O4/c1-19-14-10(4-3-7-17-14)9-21-13-8-11(16)5-6-12(13)15(18)20-2/h3-8H,9,16H2,1-2H3. The van der Waals surface area contributed by atoms with Crippen LogP contribution in [0.2, 0.25) is 0 Å². The molecule has 2 rings (SSSR count). The first-order valence-electron chi connectivity index (χ1n) is 6.24. The van der Waals surface area contributed by atoms with Crippen LogP contribution in [0.1, 0.15) is 15.9 Å². The zero-order valence-electron chi connectivity index (χ0n) is 11.8. The fraction of sp³-hybridized carbons (Fsp3) is 0.200. The van der Waals surface area contributed by atoms with Gasteiger partial charge in [0.2, 0.25) is 5.88 Å². The third kappa shape index (κ3) is 3.42. The number of rotatable bonds is 5. The van der Waals surface area contributed by atoms with E-state index in [1.165, 1.54) is 14.2 Å². The molecule has 21 heavy (non-hydrogen) atoms. The summed E-state index contributed by atoms with van der Waals surface area (Å²) >= 11 is 0. The second-order valence-corrected chi connectivity index (χ2v) is 4.21. The molecule has 0 fully saturated rings. The summed E-state index contributed by atoms with van der Waals surface area (Å²) in [6, 6.07) is 8.37. The van der Waals surface area contributed by atoms with Crippen LogP contribution in [0, 0.1) is 0 Å². The van der Waals surface area contributed by atoms with Crippen LogP contribution in [0.4, 0.5) is 5.69 Å². The molecule has 2 N–H and O–H groups in total. The second kappa shape index (κ2) is 6.60. The lowest BCUT2D eigenvalue weighted by molar-refractivity contribution is 0.0595. The topological polar surface area (TPSA) is 83.7 Å². The molecular formula is C15H16N2O4. The number of pyridine rings is 1. The van der Waals surface area contributed by atoms with Crippen molar-refractivity contribution in [1.82, 2.24) is 4.98 Å². The van der Waals surface area contributed by atoms with Crippen LogP contribution < -0.4 is 15.2 Å². The smallest absolute Gasteiger partial charge is 0.341 e. The van der Waals surface area contributed by atoms with E-state index >= 15 is 0 Å². The molecule has 2 aromatic rings. The molecule has 0 saturated heterocycles. The molecule has 0 amide bonds. The van der Waals surface area contributed by atoms with Gasteiger partial charge in [-0.15, -0.1) is 0 Å². The Labute approximate surface area is 122 Å². The van der Waals surface area contributed by atoms with E-state index in [1.807, 2.05) is 6.07 Å². The van der Waals surface area contributed by atoms with Gasteiger partial charge in [-0.25, -0.2) is 9.78 Å². The molecule has 0 bridgehead atoms. The van der Waals surface area contributed by atoms with Crippen molar-refractivity contribution in [2.24, 2.45) is 0 Å². The lowest BCUT2D eigenvalue weighted by Crippen LogP contribution is -2.07. The van der Waals surface area contributed by atoms with E-state index in [9.17, 15) is 4.79 Å². The highest BCUT2D eigenvalue weighted by molar-refractivity contribution is 5.93. The Morgan fingerprint density at radius 3 is 2.81 bits per heavy atom. The number of esters is 1. The van der Waals surface area contributed by atoms with Crippen molar-refractivity contribution in [3.05, 3.63) is 47.7 Å². The number of anilines is 1. The van der Waals surface area contributed by atoms with E-state index in [2.05, 4.69) is 4.98 Å². The van der Waals surface area contributed by atoms with Gasteiger partial charge in [0.05, 0.1) is 19.8 Å². The number of nitrogen functional groups attached to an aromatic ring is 1. The molecule has 0 spiro atoms. The number of carbonyl (C=O) groups is 1. The number of hydrogen-bond donors (Lipinski definition) is 1. The lowest BCUT2D eigenvalue weighted by Gasteiger charge is -2.12. The number of carbonyl (C=O) groups excluding carboxylic acids is 1. The van der Waals surface area contributed by atoms with E-state index in [4.69, 9.17) is 19.9 Å². The maximum Gasteiger partial charge on any atom is 0.341 e. The first-order chi connectivity index (χ1) is 10.2. The van der Waals surface area contributed by atoms with Gasteiger partial charge >= 0.3 is 5.97 Å². The van der Waals surface area contributed by atoms with E-state index in [0.29, 0.717) is 22.9 Å². The minimum absolute atomic E-state index is 0.199. The van der Waals surface area contributed by atoms with E-state index < -0.39 is 5.97 Å². The fourth-order valence-corrected chi connectivity index (χ4v) is 1.81. The third-order valence-corrected chi connectivity index (χ3v) is 2.84. The summed E-state index contributed by atoms with van der Waals surface area (Å²) < 4.78 is 15.5. The van der Waals surface area contributed by atoms with Crippen molar-refractivity contribution in [2.45, 2.75) is 6.61 Å². The quantitative estimate of drug-likeness (QED) is 0.669. The number of methoxy groups -OCH3 is 2. The number of ether oxygens (including phenoxy) is 3. The average molecular weight is 288 g/mol. The zero-order valence-corrected chi connectivity index (χ0v) is 11.8. The highest BCUT2D eigenvalue weighted by atomic mass is 16.5. The molecule has 0 aliphatic rings. The van der Waals surface area contributed by atoms with Gasteiger partial charge in [-0.1, -0.05) is 0 Å². The summed E-state index contributed by atoms with van der Waals surface area (Å²) in [6.07, 6.45) is 1.63. The van der Waals surface area contributed by atoms with E-state index in [1.54, 1.807) is 30.5 Å². The molecule has 0 radical (unpaired) electrons. The Morgan fingerprint density at radius 2 is 2.10 bits per heavy atom. The molecule has 6 nitrogen and oxygen atoms in total. The molecule has 6 heteroatoms. The van der Waals surface area contributed by atoms with Crippen LogP contribution in [-0.4, -0.2) is 25.2 Å². The maximum atomic E-state index is 11.7. The number of aromatic nitrogens is 1. The summed E-state index contributed by atoms with van der Waals surface area (Å²) in [5.41, 5.74) is 7.30. The summed E-state index contributed by atoms with van der Waals surface area (Å²) in [7, 11) is 2.85. The fourth-order valence-electron chi connectivity index (χ4n) is 1.81. The van der Waals surface area contributed by atoms with Gasteiger partial charge in [-0.05, 0) is 24.3 Å². The molecule has 1 aromatic heterocycles. The summed E-state index contributed by atoms with van der Waals surface area (Å²) in [6.45, 7) is 0.199. The molecular weight excluding hydrogens is 272 g/mol. The Morgan fingerprint density at radius 1 is 1.29 bits per heavy atom. The van der Waals surface area contributed by atoms with Crippen LogP contribution in [0.25, 0.3) is 0 Å². The Balaban J connectivity index is 2.23. The highest BCUT2D eigenvalue weighted by Gasteiger charge is 2.14. The van der Waals surface area contributed by atoms with Gasteiger partial charge < -0.3 is 19.9 Å². The minimum Gasteiger partial charge on any atom is -0.488 e. The Bertz CT molecular complexity index is 643. The summed E-state index contributed by atoms with van der Waals surface area (Å²) in [5, 5.41) is 0. The van der Waals surface area contributed by atoms with Gasteiger partial charge in [0, 0.05) is 18.0 Å². The highest BCUT2D eigenvalue weighted by Crippen LogP contribution is 2.25. The van der Waals surface area contributed by atoms with Crippen molar-refractivity contribution in [2.75, 3.05) is 20.0 Å². The summed E-state index contributed by atoms with van der Waals surface area (Å²) in [4.78, 5) is 15.8. The van der Waals surface area contributed by atoms with Crippen LogP contribution in [0.3, 0.4) is 0 Å². The van der Waals surface area contributed by atoms with Crippen molar-refractivity contribution in [3.8, 4) is 11.6 Å². The first kappa shape index (κ1) is 14.6. The lowest BCUT2D eigenvalue weighted by atomic mass is 10.2. The molecule has 1 aromatic carbocycles. The Kier molecular flexibility index (Phi) is 4.61. The van der Waals surface area contributed by atoms with Crippen LogP contribution in [0.5, 0.6) is 11.6 Å². The normalized spacial score (nSPS) is 10.0. The molecule has 110 valence electrons. The van der Waals surface area contributed by atoms with Crippen molar-refractivity contribution >= 4 is 11.7 Å². The monoisotopic (exact) mass is 288 g/mol. The number of nitrogens with zero attached hydrogens (tertiary/aromatic N) is 1. The first-order valence-corrected chi connectivity index (χ1v) is 6.24. The number of benzene rings is 1. The Hall–Kier alpha value is -2.76. The predicted molar refractivity (Wildman–Crippen MR) is 77.3 cm³/mol. The van der Waals surface area contributed by atoms with Crippen LogP contribution >= 0.6 is 0 Å². The molecule has 0 saturated carbocycles. The predicted octanol–water partition coefficient (Wildman–Crippen LogP) is 2.04. The SMILES string of the molecule is COC(=O)c1ccc(N)cc1OCc1cccnc1OC. The van der Waals surface area contributed by atoms with E-state index in [0.717, 1.165) is 5.56 Å². The molecule has 0 unspecified atom stereocenters. The van der Waals surface area contributed by atoms with Crippen molar-refractivity contribution in [1.29, 1.82) is 0 Å². The zero-order chi connectivity index (χ0) is 15.2. The molecule has 0 atom stereocenters. The largest absolute Gasteiger partial charge is 0.488 e. The van der Waals surface area contributed by atoms with Crippen LogP contribution in [-0.2, 0) is 11.3 Å². The minimum atomic E-state index is -0.483. The number of hydrogen-bond acceptors (Lipinski definition) is 6. The number of nitrogens with two attached hydrogens (primary N) is 1. The second-order valence-electron chi connectivity index (χ2n) is 4.21. The van der Waals surface area contributed by atoms with Gasteiger partial charge in [0.15, 0.2) is 0 Å². The average Bonchev–Trinajstić information content (AvgIpc) is 2.52. The maximum absolute atomic E-state index is 11.7. The van der Waals surface area contributed by atoms with Crippen molar-refractivity contribution in [3.63, 3.8) is 0 Å². The van der Waals surface area contributed by atoms with Gasteiger partial charge in [0.25, 0.3) is 0 Å². The van der Waals surface area contributed by atoms with Gasteiger partial charge in [0.1, 0.15) is 17.9 Å². The van der Waals surface area contributed by atoms with Crippen LogP contribution in [0.15, 0.2) is 36.5 Å². The third-order valence-electron chi connectivity index (χ3n) is 2.84. The van der Waals surface area contributed by atoms with Crippen molar-refractivity contribution < 1.29 is 19.0 Å². The molecule has 1 heterocycles. The molecule has 0 aliphatic carbocycles. The molecule has 0 aliphatic heterocycles. The van der Waals surface area contributed by atoms with E-state index in [-0.39, 0.29) is 6.61 Å².